The van der Waals surface area contributed by atoms with Gasteiger partial charge < -0.3 is 35.0 Å². The molecule has 1 saturated heterocycles. The Kier molecular flexibility index (Phi) is 10.1. The Balaban J connectivity index is 2.11. The van der Waals surface area contributed by atoms with E-state index in [0.717, 1.165) is 44.9 Å². The summed E-state index contributed by atoms with van der Waals surface area (Å²) in [4.78, 5) is 0. The zero-order valence-corrected chi connectivity index (χ0v) is 13.0. The average Bonchev–Trinajstić information content (AvgIpc) is 2.52. The molecule has 1 heterocycles. The van der Waals surface area contributed by atoms with E-state index in [-0.39, 0.29) is 6.61 Å². The van der Waals surface area contributed by atoms with Crippen LogP contribution in [0.25, 0.3) is 0 Å². The summed E-state index contributed by atoms with van der Waals surface area (Å²) in [5.74, 6) is 0. The van der Waals surface area contributed by atoms with Gasteiger partial charge in [0.05, 0.1) is 6.61 Å². The molecule has 0 amide bonds. The molecule has 0 aromatic heterocycles. The van der Waals surface area contributed by atoms with Crippen molar-refractivity contribution in [3.63, 3.8) is 0 Å². The van der Waals surface area contributed by atoms with Gasteiger partial charge in [-0.15, -0.1) is 0 Å². The number of aliphatic hydroxyl groups excluding tert-OH is 5. The summed E-state index contributed by atoms with van der Waals surface area (Å²) in [6, 6.07) is 0. The topological polar surface area (TPSA) is 120 Å². The van der Waals surface area contributed by atoms with E-state index < -0.39 is 37.3 Å². The van der Waals surface area contributed by atoms with E-state index in [4.69, 9.17) is 19.7 Å². The fraction of sp³-hybridized carbons (Fsp3) is 1.00. The third-order valence-electron chi connectivity index (χ3n) is 3.96. The van der Waals surface area contributed by atoms with E-state index in [9.17, 15) is 15.3 Å². The molecule has 132 valence electrons. The van der Waals surface area contributed by atoms with Crippen molar-refractivity contribution in [3.8, 4) is 0 Å². The molecule has 1 unspecified atom stereocenters. The van der Waals surface area contributed by atoms with Crippen LogP contribution in [0.1, 0.15) is 44.9 Å². The summed E-state index contributed by atoms with van der Waals surface area (Å²) >= 11 is 0. The molecule has 0 spiro atoms. The van der Waals surface area contributed by atoms with Crippen molar-refractivity contribution in [2.75, 3.05) is 19.8 Å². The third kappa shape index (κ3) is 6.45. The van der Waals surface area contributed by atoms with Crippen LogP contribution in [0.4, 0.5) is 0 Å². The summed E-state index contributed by atoms with van der Waals surface area (Å²) < 4.78 is 10.4. The molecule has 5 N–H and O–H groups in total. The molecule has 0 bridgehead atoms. The lowest BCUT2D eigenvalue weighted by atomic mass is 9.99. The van der Waals surface area contributed by atoms with Crippen LogP contribution < -0.4 is 0 Å². The normalized spacial score (nSPS) is 32.3. The van der Waals surface area contributed by atoms with Crippen molar-refractivity contribution in [2.45, 2.75) is 75.7 Å². The predicted molar refractivity (Wildman–Crippen MR) is 79.1 cm³/mol. The Morgan fingerprint density at radius 3 is 1.95 bits per heavy atom. The Morgan fingerprint density at radius 1 is 0.773 bits per heavy atom. The molecule has 7 heteroatoms. The summed E-state index contributed by atoms with van der Waals surface area (Å²) in [6.07, 6.45) is 1.11. The molecule has 0 radical (unpaired) electrons. The molecule has 7 nitrogen and oxygen atoms in total. The predicted octanol–water partition coefficient (Wildman–Crippen LogP) is -0.474. The van der Waals surface area contributed by atoms with Gasteiger partial charge in [-0.25, -0.2) is 0 Å². The number of aliphatic hydroxyl groups is 5. The van der Waals surface area contributed by atoms with Crippen molar-refractivity contribution >= 4 is 0 Å². The molecule has 0 saturated carbocycles. The highest BCUT2D eigenvalue weighted by Gasteiger charge is 2.44. The van der Waals surface area contributed by atoms with Crippen LogP contribution in [0.15, 0.2) is 0 Å². The molecule has 1 rings (SSSR count). The largest absolute Gasteiger partial charge is 0.396 e. The Hall–Kier alpha value is -0.280. The highest BCUT2D eigenvalue weighted by atomic mass is 16.7. The van der Waals surface area contributed by atoms with E-state index in [2.05, 4.69) is 0 Å². The number of hydrogen-bond acceptors (Lipinski definition) is 7. The first-order valence-electron chi connectivity index (χ1n) is 8.14. The molecule has 0 aromatic rings. The molecule has 1 fully saturated rings. The quantitative estimate of drug-likeness (QED) is 0.326. The third-order valence-corrected chi connectivity index (χ3v) is 3.96. The zero-order chi connectivity index (χ0) is 16.4. The molecular formula is C15H30O7. The summed E-state index contributed by atoms with van der Waals surface area (Å²) in [5, 5.41) is 47.0. The lowest BCUT2D eigenvalue weighted by Gasteiger charge is -2.39. The molecular weight excluding hydrogens is 292 g/mol. The fourth-order valence-corrected chi connectivity index (χ4v) is 2.57. The minimum Gasteiger partial charge on any atom is -0.396 e. The van der Waals surface area contributed by atoms with Gasteiger partial charge in [-0.1, -0.05) is 32.1 Å². The lowest BCUT2D eigenvalue weighted by molar-refractivity contribution is -0.296. The first-order valence-corrected chi connectivity index (χ1v) is 8.14. The van der Waals surface area contributed by atoms with E-state index in [1.165, 1.54) is 0 Å². The SMILES string of the molecule is OCCCCCCCCCO[C@@H]1C(O)O[C@H](CO)[C@@H](O)[C@@H]1O. The maximum Gasteiger partial charge on any atom is 0.184 e. The molecule has 1 aliphatic heterocycles. The monoisotopic (exact) mass is 322 g/mol. The van der Waals surface area contributed by atoms with E-state index in [1.807, 2.05) is 0 Å². The Morgan fingerprint density at radius 2 is 1.36 bits per heavy atom. The summed E-state index contributed by atoms with van der Waals surface area (Å²) in [5.41, 5.74) is 0. The second kappa shape index (κ2) is 11.3. The molecule has 5 atom stereocenters. The van der Waals surface area contributed by atoms with Crippen LogP contribution in [-0.4, -0.2) is 76.1 Å². The van der Waals surface area contributed by atoms with E-state index in [0.29, 0.717) is 6.61 Å². The Bertz CT molecular complexity index is 277. The molecule has 22 heavy (non-hydrogen) atoms. The van der Waals surface area contributed by atoms with Crippen LogP contribution in [0.5, 0.6) is 0 Å². The first kappa shape index (κ1) is 19.8. The first-order chi connectivity index (χ1) is 10.6. The highest BCUT2D eigenvalue weighted by molar-refractivity contribution is 4.89. The standard InChI is InChI=1S/C15H30O7/c16-8-6-4-2-1-3-5-7-9-21-14-13(19)12(18)11(10-17)22-15(14)20/h11-20H,1-10H2/t11-,12-,13+,14+,15?/m1/s1. The molecule has 1 aliphatic rings. The van der Waals surface area contributed by atoms with Crippen LogP contribution in [0.3, 0.4) is 0 Å². The summed E-state index contributed by atoms with van der Waals surface area (Å²) in [7, 11) is 0. The number of unbranched alkanes of at least 4 members (excludes halogenated alkanes) is 6. The second-order valence-electron chi connectivity index (χ2n) is 5.76. The highest BCUT2D eigenvalue weighted by Crippen LogP contribution is 2.22. The number of ether oxygens (including phenoxy) is 2. The van der Waals surface area contributed by atoms with E-state index in [1.54, 1.807) is 0 Å². The zero-order valence-electron chi connectivity index (χ0n) is 13.0. The smallest absolute Gasteiger partial charge is 0.184 e. The van der Waals surface area contributed by atoms with Gasteiger partial charge in [0.1, 0.15) is 24.4 Å². The van der Waals surface area contributed by atoms with Gasteiger partial charge in [0.15, 0.2) is 6.29 Å². The van der Waals surface area contributed by atoms with Crippen molar-refractivity contribution in [1.29, 1.82) is 0 Å². The number of hydrogen-bond donors (Lipinski definition) is 5. The van der Waals surface area contributed by atoms with Crippen LogP contribution in [-0.2, 0) is 9.47 Å². The Labute approximate surface area is 131 Å². The molecule has 0 aromatic carbocycles. The molecule has 0 aliphatic carbocycles. The van der Waals surface area contributed by atoms with Crippen molar-refractivity contribution in [1.82, 2.24) is 0 Å². The van der Waals surface area contributed by atoms with Gasteiger partial charge >= 0.3 is 0 Å². The van der Waals surface area contributed by atoms with Crippen LogP contribution in [0, 0.1) is 0 Å². The van der Waals surface area contributed by atoms with Crippen molar-refractivity contribution in [2.24, 2.45) is 0 Å². The maximum atomic E-state index is 9.89. The van der Waals surface area contributed by atoms with Gasteiger partial charge in [-0.05, 0) is 12.8 Å². The van der Waals surface area contributed by atoms with E-state index >= 15 is 0 Å². The minimum atomic E-state index is -1.35. The van der Waals surface area contributed by atoms with Crippen LogP contribution >= 0.6 is 0 Å². The van der Waals surface area contributed by atoms with Crippen molar-refractivity contribution in [3.05, 3.63) is 0 Å². The van der Waals surface area contributed by atoms with Gasteiger partial charge in [0.25, 0.3) is 0 Å². The van der Waals surface area contributed by atoms with Gasteiger partial charge in [0, 0.05) is 13.2 Å². The summed E-state index contributed by atoms with van der Waals surface area (Å²) in [6.45, 7) is 0.151. The van der Waals surface area contributed by atoms with Gasteiger partial charge in [-0.3, -0.25) is 0 Å². The fourth-order valence-electron chi connectivity index (χ4n) is 2.57. The van der Waals surface area contributed by atoms with Gasteiger partial charge in [-0.2, -0.15) is 0 Å². The maximum absolute atomic E-state index is 9.89. The van der Waals surface area contributed by atoms with Crippen LogP contribution in [0.2, 0.25) is 0 Å². The lowest BCUT2D eigenvalue weighted by Crippen LogP contribution is -2.59. The van der Waals surface area contributed by atoms with Crippen molar-refractivity contribution < 1.29 is 35.0 Å². The minimum absolute atomic E-state index is 0.255. The average molecular weight is 322 g/mol. The van der Waals surface area contributed by atoms with Gasteiger partial charge in [0.2, 0.25) is 0 Å². The second-order valence-corrected chi connectivity index (χ2v) is 5.76. The number of rotatable bonds is 11.